The standard InChI is InChI=1S/C12H26N4O/c1-12(14,11(13)17)5-3-7-16-8-4-6-15(2)9-10-16/h3-10,14H2,1-2H3,(H2,13,17). The van der Waals surface area contributed by atoms with E-state index >= 15 is 0 Å². The van der Waals surface area contributed by atoms with E-state index in [9.17, 15) is 4.79 Å². The molecule has 1 rings (SSSR count). The molecule has 5 nitrogen and oxygen atoms in total. The molecule has 0 bridgehead atoms. The van der Waals surface area contributed by atoms with Crippen molar-refractivity contribution in [3.05, 3.63) is 0 Å². The molecule has 1 heterocycles. The van der Waals surface area contributed by atoms with Crippen LogP contribution < -0.4 is 11.5 Å². The lowest BCUT2D eigenvalue weighted by molar-refractivity contribution is -0.122. The van der Waals surface area contributed by atoms with Crippen LogP contribution in [0.1, 0.15) is 26.2 Å². The zero-order valence-electron chi connectivity index (χ0n) is 11.1. The average Bonchev–Trinajstić information content (AvgIpc) is 2.43. The van der Waals surface area contributed by atoms with Gasteiger partial charge in [0.25, 0.3) is 0 Å². The summed E-state index contributed by atoms with van der Waals surface area (Å²) in [6.45, 7) is 7.26. The number of primary amides is 1. The SMILES string of the molecule is CN1CCCN(CCCC(C)(N)C(N)=O)CC1. The minimum atomic E-state index is -0.858. The number of rotatable bonds is 5. The maximum atomic E-state index is 11.1. The highest BCUT2D eigenvalue weighted by atomic mass is 16.1. The van der Waals surface area contributed by atoms with Crippen LogP contribution in [0, 0.1) is 0 Å². The monoisotopic (exact) mass is 242 g/mol. The van der Waals surface area contributed by atoms with Gasteiger partial charge in [-0.05, 0) is 52.9 Å². The van der Waals surface area contributed by atoms with Gasteiger partial charge >= 0.3 is 0 Å². The first-order valence-corrected chi connectivity index (χ1v) is 6.41. The summed E-state index contributed by atoms with van der Waals surface area (Å²) in [5, 5.41) is 0. The van der Waals surface area contributed by atoms with Crippen molar-refractivity contribution in [1.82, 2.24) is 9.80 Å². The summed E-state index contributed by atoms with van der Waals surface area (Å²) >= 11 is 0. The molecule has 5 heteroatoms. The number of carbonyl (C=O) groups is 1. The number of nitrogens with zero attached hydrogens (tertiary/aromatic N) is 2. The molecule has 1 aliphatic heterocycles. The summed E-state index contributed by atoms with van der Waals surface area (Å²) in [4.78, 5) is 15.9. The molecule has 1 atom stereocenters. The average molecular weight is 242 g/mol. The molecule has 0 spiro atoms. The second-order valence-electron chi connectivity index (χ2n) is 5.38. The molecule has 1 amide bonds. The van der Waals surface area contributed by atoms with Gasteiger partial charge in [0.2, 0.25) is 5.91 Å². The van der Waals surface area contributed by atoms with Gasteiger partial charge in [0.1, 0.15) is 0 Å². The number of carbonyl (C=O) groups excluding carboxylic acids is 1. The first kappa shape index (κ1) is 14.4. The Bertz CT molecular complexity index is 255. The van der Waals surface area contributed by atoms with Gasteiger partial charge in [-0.2, -0.15) is 0 Å². The number of likely N-dealkylation sites (N-methyl/N-ethyl adjacent to an activating group) is 1. The van der Waals surface area contributed by atoms with Gasteiger partial charge in [-0.1, -0.05) is 0 Å². The van der Waals surface area contributed by atoms with E-state index in [2.05, 4.69) is 16.8 Å². The smallest absolute Gasteiger partial charge is 0.237 e. The lowest BCUT2D eigenvalue weighted by Gasteiger charge is -2.24. The Hall–Kier alpha value is -0.650. The van der Waals surface area contributed by atoms with Crippen molar-refractivity contribution in [2.75, 3.05) is 39.8 Å². The highest BCUT2D eigenvalue weighted by Crippen LogP contribution is 2.10. The lowest BCUT2D eigenvalue weighted by atomic mass is 9.96. The number of hydrogen-bond donors (Lipinski definition) is 2. The maximum Gasteiger partial charge on any atom is 0.237 e. The summed E-state index contributed by atoms with van der Waals surface area (Å²) in [5.41, 5.74) is 10.2. The fourth-order valence-electron chi connectivity index (χ4n) is 2.12. The predicted molar refractivity (Wildman–Crippen MR) is 69.6 cm³/mol. The molecule has 0 aromatic heterocycles. The van der Waals surface area contributed by atoms with Crippen molar-refractivity contribution in [2.45, 2.75) is 31.7 Å². The molecule has 0 radical (unpaired) electrons. The van der Waals surface area contributed by atoms with Crippen LogP contribution in [-0.2, 0) is 4.79 Å². The Kier molecular flexibility index (Phi) is 5.36. The first-order valence-electron chi connectivity index (χ1n) is 6.41. The van der Waals surface area contributed by atoms with Gasteiger partial charge < -0.3 is 21.3 Å². The second-order valence-corrected chi connectivity index (χ2v) is 5.38. The van der Waals surface area contributed by atoms with Gasteiger partial charge in [0.15, 0.2) is 0 Å². The molecule has 0 aliphatic carbocycles. The Morgan fingerprint density at radius 3 is 2.65 bits per heavy atom. The van der Waals surface area contributed by atoms with Crippen LogP contribution in [0.2, 0.25) is 0 Å². The number of amides is 1. The third-order valence-electron chi connectivity index (χ3n) is 3.55. The number of nitrogens with two attached hydrogens (primary N) is 2. The molecule has 0 aromatic rings. The van der Waals surface area contributed by atoms with E-state index in [0.717, 1.165) is 32.6 Å². The Morgan fingerprint density at radius 1 is 1.29 bits per heavy atom. The summed E-state index contributed by atoms with van der Waals surface area (Å²) < 4.78 is 0. The normalized spacial score (nSPS) is 23.0. The second kappa shape index (κ2) is 6.33. The molecule has 0 aromatic carbocycles. The van der Waals surface area contributed by atoms with Crippen LogP contribution in [0.3, 0.4) is 0 Å². The highest BCUT2D eigenvalue weighted by Gasteiger charge is 2.25. The van der Waals surface area contributed by atoms with Crippen LogP contribution in [-0.4, -0.2) is 61.0 Å². The quantitative estimate of drug-likeness (QED) is 0.688. The topological polar surface area (TPSA) is 75.6 Å². The van der Waals surface area contributed by atoms with Crippen molar-refractivity contribution in [3.8, 4) is 0 Å². The fourth-order valence-corrected chi connectivity index (χ4v) is 2.12. The van der Waals surface area contributed by atoms with Crippen LogP contribution in [0.15, 0.2) is 0 Å². The minimum Gasteiger partial charge on any atom is -0.368 e. The largest absolute Gasteiger partial charge is 0.368 e. The molecule has 17 heavy (non-hydrogen) atoms. The van der Waals surface area contributed by atoms with Crippen molar-refractivity contribution >= 4 is 5.91 Å². The predicted octanol–water partition coefficient (Wildman–Crippen LogP) is -0.393. The van der Waals surface area contributed by atoms with Gasteiger partial charge in [-0.3, -0.25) is 4.79 Å². The van der Waals surface area contributed by atoms with Gasteiger partial charge in [-0.15, -0.1) is 0 Å². The van der Waals surface area contributed by atoms with E-state index < -0.39 is 11.4 Å². The van der Waals surface area contributed by atoms with E-state index in [1.807, 2.05) is 0 Å². The molecule has 1 aliphatic rings. The summed E-state index contributed by atoms with van der Waals surface area (Å²) in [6.07, 6.45) is 2.81. The van der Waals surface area contributed by atoms with E-state index in [0.29, 0.717) is 6.42 Å². The third-order valence-corrected chi connectivity index (χ3v) is 3.55. The molecule has 1 fully saturated rings. The van der Waals surface area contributed by atoms with Gasteiger partial charge in [-0.25, -0.2) is 0 Å². The van der Waals surface area contributed by atoms with Crippen molar-refractivity contribution < 1.29 is 4.79 Å². The van der Waals surface area contributed by atoms with Crippen molar-refractivity contribution in [2.24, 2.45) is 11.5 Å². The molecule has 0 saturated carbocycles. The van der Waals surface area contributed by atoms with E-state index in [-0.39, 0.29) is 0 Å². The van der Waals surface area contributed by atoms with Gasteiger partial charge in [0, 0.05) is 13.1 Å². The maximum absolute atomic E-state index is 11.1. The van der Waals surface area contributed by atoms with Crippen molar-refractivity contribution in [3.63, 3.8) is 0 Å². The van der Waals surface area contributed by atoms with Crippen LogP contribution in [0.25, 0.3) is 0 Å². The zero-order valence-corrected chi connectivity index (χ0v) is 11.1. The van der Waals surface area contributed by atoms with E-state index in [4.69, 9.17) is 11.5 Å². The summed E-state index contributed by atoms with van der Waals surface area (Å²) in [5.74, 6) is -0.409. The fraction of sp³-hybridized carbons (Fsp3) is 0.917. The first-order chi connectivity index (χ1) is 7.92. The summed E-state index contributed by atoms with van der Waals surface area (Å²) in [6, 6.07) is 0. The third kappa shape index (κ3) is 5.02. The molecule has 1 saturated heterocycles. The van der Waals surface area contributed by atoms with Gasteiger partial charge in [0.05, 0.1) is 5.54 Å². The van der Waals surface area contributed by atoms with E-state index in [1.54, 1.807) is 6.92 Å². The highest BCUT2D eigenvalue weighted by molar-refractivity contribution is 5.83. The Balaban J connectivity index is 2.24. The number of hydrogen-bond acceptors (Lipinski definition) is 4. The Morgan fingerprint density at radius 2 is 2.00 bits per heavy atom. The molecule has 100 valence electrons. The molecular formula is C12H26N4O. The summed E-state index contributed by atoms with van der Waals surface area (Å²) in [7, 11) is 2.16. The van der Waals surface area contributed by atoms with Crippen LogP contribution >= 0.6 is 0 Å². The molecular weight excluding hydrogens is 216 g/mol. The van der Waals surface area contributed by atoms with Crippen LogP contribution in [0.4, 0.5) is 0 Å². The zero-order chi connectivity index (χ0) is 12.9. The lowest BCUT2D eigenvalue weighted by Crippen LogP contribution is -2.49. The molecule has 1 unspecified atom stereocenters. The minimum absolute atomic E-state index is 0.409. The van der Waals surface area contributed by atoms with Crippen LogP contribution in [0.5, 0.6) is 0 Å². The van der Waals surface area contributed by atoms with E-state index in [1.165, 1.54) is 13.0 Å². The Labute approximate surface area is 104 Å². The molecule has 4 N–H and O–H groups in total. The van der Waals surface area contributed by atoms with Crippen molar-refractivity contribution in [1.29, 1.82) is 0 Å².